The summed E-state index contributed by atoms with van der Waals surface area (Å²) < 4.78 is 11.4. The second kappa shape index (κ2) is 5.52. The van der Waals surface area contributed by atoms with E-state index in [0.29, 0.717) is 6.04 Å². The van der Waals surface area contributed by atoms with Crippen molar-refractivity contribution in [3.63, 3.8) is 0 Å². The van der Waals surface area contributed by atoms with Crippen LogP contribution in [0.1, 0.15) is 33.9 Å². The monoisotopic (exact) mass is 323 g/mol. The van der Waals surface area contributed by atoms with Gasteiger partial charge < -0.3 is 9.47 Å². The molecule has 24 heavy (non-hydrogen) atoms. The van der Waals surface area contributed by atoms with Crippen LogP contribution in [0.25, 0.3) is 11.1 Å². The zero-order valence-corrected chi connectivity index (χ0v) is 15.2. The van der Waals surface area contributed by atoms with E-state index >= 15 is 0 Å². The zero-order valence-electron chi connectivity index (χ0n) is 15.2. The van der Waals surface area contributed by atoms with Crippen LogP contribution in [-0.4, -0.2) is 32.7 Å². The van der Waals surface area contributed by atoms with Gasteiger partial charge in [0.1, 0.15) is 11.5 Å². The van der Waals surface area contributed by atoms with E-state index in [1.165, 1.54) is 38.9 Å². The van der Waals surface area contributed by atoms with Crippen molar-refractivity contribution in [2.45, 2.75) is 32.7 Å². The fourth-order valence-corrected chi connectivity index (χ4v) is 4.51. The molecule has 0 aromatic heterocycles. The molecular weight excluding hydrogens is 298 g/mol. The van der Waals surface area contributed by atoms with Crippen LogP contribution in [0, 0.1) is 13.8 Å². The molecule has 1 unspecified atom stereocenters. The third-order valence-electron chi connectivity index (χ3n) is 5.70. The topological polar surface area (TPSA) is 21.7 Å². The summed E-state index contributed by atoms with van der Waals surface area (Å²) in [6, 6.07) is 7.26. The molecule has 4 rings (SSSR count). The second-order valence-electron chi connectivity index (χ2n) is 7.10. The van der Waals surface area contributed by atoms with Gasteiger partial charge in [-0.2, -0.15) is 0 Å². The lowest BCUT2D eigenvalue weighted by atomic mass is 9.75. The zero-order chi connectivity index (χ0) is 17.0. The lowest BCUT2D eigenvalue weighted by Crippen LogP contribution is -2.35. The number of hydrogen-bond donors (Lipinski definition) is 0. The summed E-state index contributed by atoms with van der Waals surface area (Å²) in [5.41, 5.74) is 9.33. The third-order valence-corrected chi connectivity index (χ3v) is 5.70. The number of nitrogens with zero attached hydrogens (tertiary/aromatic N) is 1. The molecule has 1 heterocycles. The van der Waals surface area contributed by atoms with E-state index in [9.17, 15) is 0 Å². The number of aryl methyl sites for hydroxylation is 2. The van der Waals surface area contributed by atoms with E-state index in [1.807, 2.05) is 0 Å². The van der Waals surface area contributed by atoms with Crippen molar-refractivity contribution in [1.29, 1.82) is 0 Å². The Labute approximate surface area is 144 Å². The number of hydrogen-bond acceptors (Lipinski definition) is 3. The first-order valence-corrected chi connectivity index (χ1v) is 8.63. The highest BCUT2D eigenvalue weighted by Gasteiger charge is 2.35. The molecule has 0 saturated heterocycles. The summed E-state index contributed by atoms with van der Waals surface area (Å²) in [6.45, 7) is 5.40. The molecule has 1 aliphatic heterocycles. The fraction of sp³-hybridized carbons (Fsp3) is 0.429. The maximum Gasteiger partial charge on any atom is 0.129 e. The highest BCUT2D eigenvalue weighted by Crippen LogP contribution is 2.51. The van der Waals surface area contributed by atoms with Gasteiger partial charge in [0.15, 0.2) is 0 Å². The van der Waals surface area contributed by atoms with Gasteiger partial charge >= 0.3 is 0 Å². The quantitative estimate of drug-likeness (QED) is 0.831. The standard InChI is InChI=1S/C21H25NO2/c1-12-8-15-10-17-19-14(6-7-22(17)3)9-13(2)21(24-5)20(19)16(15)11-18(12)23-4/h8-9,11,17H,6-7,10H2,1-5H3. The molecule has 0 N–H and O–H groups in total. The summed E-state index contributed by atoms with van der Waals surface area (Å²) in [7, 11) is 5.77. The lowest BCUT2D eigenvalue weighted by molar-refractivity contribution is 0.227. The Bertz CT molecular complexity index is 825. The molecule has 3 nitrogen and oxygen atoms in total. The maximum atomic E-state index is 5.85. The van der Waals surface area contributed by atoms with Crippen LogP contribution >= 0.6 is 0 Å². The van der Waals surface area contributed by atoms with Crippen LogP contribution in [-0.2, 0) is 12.8 Å². The Hall–Kier alpha value is -2.00. The summed E-state index contributed by atoms with van der Waals surface area (Å²) in [6.07, 6.45) is 2.17. The van der Waals surface area contributed by atoms with Crippen LogP contribution in [0.5, 0.6) is 11.5 Å². The van der Waals surface area contributed by atoms with Gasteiger partial charge in [-0.3, -0.25) is 4.90 Å². The Kier molecular flexibility index (Phi) is 3.57. The van der Waals surface area contributed by atoms with Gasteiger partial charge in [-0.1, -0.05) is 12.1 Å². The predicted octanol–water partition coefficient (Wildman–Crippen LogP) is 4.07. The van der Waals surface area contributed by atoms with Crippen molar-refractivity contribution >= 4 is 0 Å². The molecule has 0 bridgehead atoms. The lowest BCUT2D eigenvalue weighted by Gasteiger charge is -2.40. The number of methoxy groups -OCH3 is 2. The molecule has 0 fully saturated rings. The van der Waals surface area contributed by atoms with E-state index in [0.717, 1.165) is 30.9 Å². The Balaban J connectivity index is 2.08. The molecule has 0 amide bonds. The van der Waals surface area contributed by atoms with E-state index in [2.05, 4.69) is 44.0 Å². The van der Waals surface area contributed by atoms with Gasteiger partial charge in [-0.15, -0.1) is 0 Å². The van der Waals surface area contributed by atoms with Crippen LogP contribution in [0.15, 0.2) is 18.2 Å². The first kappa shape index (κ1) is 15.5. The van der Waals surface area contributed by atoms with E-state index in [-0.39, 0.29) is 0 Å². The number of likely N-dealkylation sites (N-methyl/N-ethyl adjacent to an activating group) is 1. The normalized spacial score (nSPS) is 18.8. The second-order valence-corrected chi connectivity index (χ2v) is 7.10. The number of benzene rings is 2. The minimum atomic E-state index is 0.443. The smallest absolute Gasteiger partial charge is 0.129 e. The van der Waals surface area contributed by atoms with Crippen molar-refractivity contribution in [2.75, 3.05) is 27.8 Å². The SMILES string of the molecule is COc1cc2c(cc1C)CC1c3c(cc(C)c(OC)c3-2)CCN1C. The molecule has 2 aliphatic rings. The highest BCUT2D eigenvalue weighted by molar-refractivity contribution is 5.83. The molecule has 1 atom stereocenters. The van der Waals surface area contributed by atoms with Gasteiger partial charge in [-0.25, -0.2) is 0 Å². The molecule has 0 spiro atoms. The van der Waals surface area contributed by atoms with Crippen molar-refractivity contribution in [3.8, 4) is 22.6 Å². The van der Waals surface area contributed by atoms with Crippen LogP contribution in [0.4, 0.5) is 0 Å². The molecule has 1 aliphatic carbocycles. The minimum absolute atomic E-state index is 0.443. The third kappa shape index (κ3) is 2.07. The van der Waals surface area contributed by atoms with Crippen molar-refractivity contribution < 1.29 is 9.47 Å². The average molecular weight is 323 g/mol. The van der Waals surface area contributed by atoms with Crippen molar-refractivity contribution in [3.05, 3.63) is 46.0 Å². The van der Waals surface area contributed by atoms with Crippen LogP contribution in [0.3, 0.4) is 0 Å². The Morgan fingerprint density at radius 1 is 1.00 bits per heavy atom. The maximum absolute atomic E-state index is 5.85. The van der Waals surface area contributed by atoms with Crippen molar-refractivity contribution in [2.24, 2.45) is 0 Å². The Morgan fingerprint density at radius 3 is 2.46 bits per heavy atom. The molecule has 2 aromatic carbocycles. The number of fused-ring (bicyclic) bond motifs is 2. The first-order chi connectivity index (χ1) is 11.5. The summed E-state index contributed by atoms with van der Waals surface area (Å²) in [5.74, 6) is 1.97. The molecule has 126 valence electrons. The summed E-state index contributed by atoms with van der Waals surface area (Å²) >= 11 is 0. The van der Waals surface area contributed by atoms with Crippen LogP contribution < -0.4 is 9.47 Å². The Morgan fingerprint density at radius 2 is 1.75 bits per heavy atom. The summed E-state index contributed by atoms with van der Waals surface area (Å²) in [5, 5.41) is 0. The minimum Gasteiger partial charge on any atom is -0.496 e. The molecule has 3 heteroatoms. The first-order valence-electron chi connectivity index (χ1n) is 8.63. The average Bonchev–Trinajstić information content (AvgIpc) is 2.57. The van der Waals surface area contributed by atoms with E-state index in [4.69, 9.17) is 9.47 Å². The van der Waals surface area contributed by atoms with E-state index in [1.54, 1.807) is 14.2 Å². The summed E-state index contributed by atoms with van der Waals surface area (Å²) in [4.78, 5) is 2.49. The largest absolute Gasteiger partial charge is 0.496 e. The number of ether oxygens (including phenoxy) is 2. The molecule has 0 saturated carbocycles. The van der Waals surface area contributed by atoms with Crippen LogP contribution in [0.2, 0.25) is 0 Å². The van der Waals surface area contributed by atoms with Gasteiger partial charge in [0, 0.05) is 18.2 Å². The molecule has 0 radical (unpaired) electrons. The predicted molar refractivity (Wildman–Crippen MR) is 97.2 cm³/mol. The fourth-order valence-electron chi connectivity index (χ4n) is 4.51. The van der Waals surface area contributed by atoms with E-state index < -0.39 is 0 Å². The highest BCUT2D eigenvalue weighted by atomic mass is 16.5. The molecule has 2 aromatic rings. The van der Waals surface area contributed by atoms with Gasteiger partial charge in [-0.05, 0) is 73.2 Å². The van der Waals surface area contributed by atoms with Crippen molar-refractivity contribution in [1.82, 2.24) is 4.90 Å². The van der Waals surface area contributed by atoms with Gasteiger partial charge in [0.25, 0.3) is 0 Å². The van der Waals surface area contributed by atoms with Gasteiger partial charge in [0.05, 0.1) is 14.2 Å². The number of rotatable bonds is 2. The van der Waals surface area contributed by atoms with Gasteiger partial charge in [0.2, 0.25) is 0 Å². The molecular formula is C21H25NO2.